The van der Waals surface area contributed by atoms with Gasteiger partial charge in [-0.05, 0) is 24.5 Å². The van der Waals surface area contributed by atoms with Crippen molar-refractivity contribution in [1.82, 2.24) is 10.9 Å². The molecule has 2 atom stereocenters. The van der Waals surface area contributed by atoms with E-state index in [4.69, 9.17) is 0 Å². The van der Waals surface area contributed by atoms with E-state index in [1.54, 1.807) is 6.07 Å². The highest BCUT2D eigenvalue weighted by molar-refractivity contribution is 5.96. The van der Waals surface area contributed by atoms with Crippen LogP contribution in [-0.2, 0) is 4.79 Å². The van der Waals surface area contributed by atoms with E-state index in [1.807, 2.05) is 6.92 Å². The minimum absolute atomic E-state index is 0.0316. The van der Waals surface area contributed by atoms with Crippen LogP contribution >= 0.6 is 0 Å². The molecule has 0 spiro atoms. The zero-order valence-corrected chi connectivity index (χ0v) is 9.37. The molecule has 2 amide bonds. The molecule has 1 fully saturated rings. The lowest BCUT2D eigenvalue weighted by molar-refractivity contribution is -0.123. The molecule has 2 N–H and O–H groups in total. The fraction of sp³-hybridized carbons (Fsp3) is 0.333. The van der Waals surface area contributed by atoms with Crippen LogP contribution in [0.1, 0.15) is 23.7 Å². The fourth-order valence-electron chi connectivity index (χ4n) is 1.61. The second kappa shape index (κ2) is 4.53. The first kappa shape index (κ1) is 11.6. The predicted molar refractivity (Wildman–Crippen MR) is 59.3 cm³/mol. The van der Waals surface area contributed by atoms with Crippen LogP contribution < -0.4 is 10.9 Å². The van der Waals surface area contributed by atoms with Crippen molar-refractivity contribution < 1.29 is 14.0 Å². The summed E-state index contributed by atoms with van der Waals surface area (Å²) in [5, 5.41) is 0. The van der Waals surface area contributed by atoms with Crippen molar-refractivity contribution in [3.8, 4) is 0 Å². The molecule has 2 unspecified atom stereocenters. The summed E-state index contributed by atoms with van der Waals surface area (Å²) < 4.78 is 13.2. The first-order valence-corrected chi connectivity index (χ1v) is 5.44. The Labute approximate surface area is 98.2 Å². The summed E-state index contributed by atoms with van der Waals surface area (Å²) in [4.78, 5) is 22.9. The van der Waals surface area contributed by atoms with Crippen LogP contribution in [0.2, 0.25) is 0 Å². The van der Waals surface area contributed by atoms with Crippen molar-refractivity contribution in [3.63, 3.8) is 0 Å². The number of hydrogen-bond acceptors (Lipinski definition) is 2. The minimum Gasteiger partial charge on any atom is -0.273 e. The van der Waals surface area contributed by atoms with Gasteiger partial charge in [0.2, 0.25) is 5.91 Å². The molecule has 1 aromatic rings. The van der Waals surface area contributed by atoms with Gasteiger partial charge < -0.3 is 0 Å². The lowest BCUT2D eigenvalue weighted by Crippen LogP contribution is -2.42. The normalized spacial score (nSPS) is 21.8. The van der Waals surface area contributed by atoms with Gasteiger partial charge in [-0.25, -0.2) is 4.39 Å². The topological polar surface area (TPSA) is 58.2 Å². The summed E-state index contributed by atoms with van der Waals surface area (Å²) in [5.41, 5.74) is 4.41. The molecule has 90 valence electrons. The van der Waals surface area contributed by atoms with E-state index >= 15 is 0 Å². The molecular formula is C12H13FN2O2. The molecule has 5 heteroatoms. The van der Waals surface area contributed by atoms with Crippen molar-refractivity contribution in [1.29, 1.82) is 0 Å². The number of nitrogens with one attached hydrogen (secondary N) is 2. The number of hydrogen-bond donors (Lipinski definition) is 2. The molecule has 0 heterocycles. The van der Waals surface area contributed by atoms with Crippen LogP contribution in [0.25, 0.3) is 0 Å². The molecule has 1 aliphatic rings. The van der Waals surface area contributed by atoms with Gasteiger partial charge in [-0.2, -0.15) is 0 Å². The van der Waals surface area contributed by atoms with E-state index in [-0.39, 0.29) is 17.4 Å². The lowest BCUT2D eigenvalue weighted by Gasteiger charge is -2.07. The zero-order valence-electron chi connectivity index (χ0n) is 9.37. The van der Waals surface area contributed by atoms with Gasteiger partial charge in [0.15, 0.2) is 0 Å². The molecule has 2 rings (SSSR count). The molecule has 0 radical (unpaired) electrons. The first-order valence-electron chi connectivity index (χ1n) is 5.44. The average Bonchev–Trinajstić information content (AvgIpc) is 3.03. The number of carbonyl (C=O) groups is 2. The van der Waals surface area contributed by atoms with Crippen LogP contribution in [0.3, 0.4) is 0 Å². The summed E-state index contributed by atoms with van der Waals surface area (Å²) >= 11 is 0. The maximum atomic E-state index is 13.2. The van der Waals surface area contributed by atoms with E-state index in [0.717, 1.165) is 6.42 Å². The highest BCUT2D eigenvalue weighted by atomic mass is 19.1. The van der Waals surface area contributed by atoms with E-state index < -0.39 is 11.7 Å². The zero-order chi connectivity index (χ0) is 12.4. The Hall–Kier alpha value is -1.91. The Kier molecular flexibility index (Phi) is 3.08. The summed E-state index contributed by atoms with van der Waals surface area (Å²) in [7, 11) is 0. The summed E-state index contributed by atoms with van der Waals surface area (Å²) in [6.07, 6.45) is 0.835. The predicted octanol–water partition coefficient (Wildman–Crippen LogP) is 1.24. The molecule has 4 nitrogen and oxygen atoms in total. The molecule has 1 aliphatic carbocycles. The third kappa shape index (κ3) is 2.61. The van der Waals surface area contributed by atoms with Gasteiger partial charge in [0.25, 0.3) is 5.91 Å². The lowest BCUT2D eigenvalue weighted by atomic mass is 10.2. The second-order valence-electron chi connectivity index (χ2n) is 4.24. The summed E-state index contributed by atoms with van der Waals surface area (Å²) in [6.45, 7) is 1.96. The average molecular weight is 236 g/mol. The Morgan fingerprint density at radius 3 is 2.53 bits per heavy atom. The van der Waals surface area contributed by atoms with Gasteiger partial charge in [0.05, 0.1) is 5.56 Å². The third-order valence-electron chi connectivity index (χ3n) is 2.86. The molecular weight excluding hydrogens is 223 g/mol. The van der Waals surface area contributed by atoms with E-state index in [9.17, 15) is 14.0 Å². The van der Waals surface area contributed by atoms with Crippen molar-refractivity contribution >= 4 is 11.8 Å². The summed E-state index contributed by atoms with van der Waals surface area (Å²) in [5.74, 6) is -1.15. The monoisotopic (exact) mass is 236 g/mol. The van der Waals surface area contributed by atoms with Crippen molar-refractivity contribution in [2.75, 3.05) is 0 Å². The molecule has 1 aromatic carbocycles. The Morgan fingerprint density at radius 1 is 1.29 bits per heavy atom. The molecule has 0 aliphatic heterocycles. The van der Waals surface area contributed by atoms with Crippen LogP contribution in [0, 0.1) is 17.7 Å². The number of benzene rings is 1. The standard InChI is InChI=1S/C12H13FN2O2/c1-7-6-9(7)12(17)15-14-11(16)8-4-2-3-5-10(8)13/h2-5,7,9H,6H2,1H3,(H,14,16)(H,15,17). The molecule has 1 saturated carbocycles. The highest BCUT2D eigenvalue weighted by Gasteiger charge is 2.39. The highest BCUT2D eigenvalue weighted by Crippen LogP contribution is 2.37. The van der Waals surface area contributed by atoms with E-state index in [1.165, 1.54) is 18.2 Å². The summed E-state index contributed by atoms with van der Waals surface area (Å²) in [6, 6.07) is 5.61. The number of rotatable bonds is 2. The molecule has 0 saturated heterocycles. The van der Waals surface area contributed by atoms with Crippen LogP contribution in [-0.4, -0.2) is 11.8 Å². The second-order valence-corrected chi connectivity index (χ2v) is 4.24. The van der Waals surface area contributed by atoms with Gasteiger partial charge in [0.1, 0.15) is 5.82 Å². The fourth-order valence-corrected chi connectivity index (χ4v) is 1.61. The Bertz CT molecular complexity index is 462. The number of halogens is 1. The van der Waals surface area contributed by atoms with Crippen molar-refractivity contribution in [2.45, 2.75) is 13.3 Å². The van der Waals surface area contributed by atoms with Gasteiger partial charge in [-0.3, -0.25) is 20.4 Å². The molecule has 0 aromatic heterocycles. The smallest absolute Gasteiger partial charge is 0.272 e. The number of amides is 2. The first-order chi connectivity index (χ1) is 8.09. The van der Waals surface area contributed by atoms with Gasteiger partial charge in [-0.1, -0.05) is 19.1 Å². The Balaban J connectivity index is 1.89. The van der Waals surface area contributed by atoms with E-state index in [2.05, 4.69) is 10.9 Å². The van der Waals surface area contributed by atoms with Crippen LogP contribution in [0.5, 0.6) is 0 Å². The van der Waals surface area contributed by atoms with Crippen molar-refractivity contribution in [2.24, 2.45) is 11.8 Å². The van der Waals surface area contributed by atoms with E-state index in [0.29, 0.717) is 5.92 Å². The van der Waals surface area contributed by atoms with Crippen molar-refractivity contribution in [3.05, 3.63) is 35.6 Å². The van der Waals surface area contributed by atoms with Gasteiger partial charge in [0, 0.05) is 5.92 Å². The molecule has 0 bridgehead atoms. The minimum atomic E-state index is -0.648. The molecule has 17 heavy (non-hydrogen) atoms. The third-order valence-corrected chi connectivity index (χ3v) is 2.86. The van der Waals surface area contributed by atoms with Crippen LogP contribution in [0.15, 0.2) is 24.3 Å². The van der Waals surface area contributed by atoms with Gasteiger partial charge in [-0.15, -0.1) is 0 Å². The van der Waals surface area contributed by atoms with Gasteiger partial charge >= 0.3 is 0 Å². The quantitative estimate of drug-likeness (QED) is 0.759. The van der Waals surface area contributed by atoms with Crippen LogP contribution in [0.4, 0.5) is 4.39 Å². The maximum absolute atomic E-state index is 13.2. The number of carbonyl (C=O) groups excluding carboxylic acids is 2. The SMILES string of the molecule is CC1CC1C(=O)NNC(=O)c1ccccc1F. The Morgan fingerprint density at radius 2 is 1.94 bits per heavy atom. The largest absolute Gasteiger partial charge is 0.273 e. The number of hydrazine groups is 1. The maximum Gasteiger partial charge on any atom is 0.272 e.